The van der Waals surface area contributed by atoms with Crippen molar-refractivity contribution in [2.45, 2.75) is 62.8 Å². The first-order valence-corrected chi connectivity index (χ1v) is 16.8. The molecule has 14 heteroatoms. The fraction of sp³-hybridized carbons (Fsp3) is 0.364. The topological polar surface area (TPSA) is 152 Å². The van der Waals surface area contributed by atoms with Crippen molar-refractivity contribution >= 4 is 33.0 Å². The van der Waals surface area contributed by atoms with Crippen molar-refractivity contribution in [2.75, 3.05) is 20.3 Å². The molecule has 47 heavy (non-hydrogen) atoms. The van der Waals surface area contributed by atoms with E-state index in [1.54, 1.807) is 76.7 Å². The summed E-state index contributed by atoms with van der Waals surface area (Å²) in [5.74, 6) is -0.455. The lowest BCUT2D eigenvalue weighted by atomic mass is 9.99. The van der Waals surface area contributed by atoms with Gasteiger partial charge in [0.15, 0.2) is 6.29 Å². The number of pyridine rings is 1. The summed E-state index contributed by atoms with van der Waals surface area (Å²) in [4.78, 5) is 32.4. The molecule has 1 aliphatic heterocycles. The summed E-state index contributed by atoms with van der Waals surface area (Å²) in [6, 6.07) is 14.3. The van der Waals surface area contributed by atoms with Crippen molar-refractivity contribution in [2.24, 2.45) is 9.98 Å². The number of sulfonamides is 1. The monoisotopic (exact) mass is 662 g/mol. The lowest BCUT2D eigenvalue weighted by Gasteiger charge is -2.29. The number of para-hydroxylation sites is 1. The number of amidine groups is 1. The van der Waals surface area contributed by atoms with E-state index in [1.165, 1.54) is 22.9 Å². The van der Waals surface area contributed by atoms with Gasteiger partial charge in [0, 0.05) is 37.8 Å². The van der Waals surface area contributed by atoms with E-state index < -0.39 is 45.2 Å². The molecule has 12 nitrogen and oxygen atoms in total. The second-order valence-corrected chi connectivity index (χ2v) is 13.8. The molecule has 0 spiro atoms. The molecule has 0 bridgehead atoms. The molecule has 3 heterocycles. The number of aliphatic imine (C=N–C) groups is 2. The zero-order chi connectivity index (χ0) is 33.8. The molecule has 3 N–H and O–H groups in total. The van der Waals surface area contributed by atoms with Gasteiger partial charge < -0.3 is 10.1 Å². The second-order valence-electron chi connectivity index (χ2n) is 12.1. The number of hydrogen-bond donors (Lipinski definition) is 3. The number of aromatic nitrogens is 3. The van der Waals surface area contributed by atoms with Crippen LogP contribution in [0.4, 0.5) is 4.39 Å². The van der Waals surface area contributed by atoms with Gasteiger partial charge in [-0.2, -0.15) is 0 Å². The average molecular weight is 663 g/mol. The lowest BCUT2D eigenvalue weighted by Crippen LogP contribution is -2.42. The molecular weight excluding hydrogens is 623 g/mol. The summed E-state index contributed by atoms with van der Waals surface area (Å²) in [5.41, 5.74) is 0.0619. The van der Waals surface area contributed by atoms with Gasteiger partial charge in [0.1, 0.15) is 27.8 Å². The van der Waals surface area contributed by atoms with Crippen LogP contribution in [0, 0.1) is 5.82 Å². The Labute approximate surface area is 273 Å². The maximum atomic E-state index is 15.0. The Morgan fingerprint density at radius 3 is 2.55 bits per heavy atom. The van der Waals surface area contributed by atoms with Gasteiger partial charge in [-0.05, 0) is 63.1 Å². The SMILES string of the molecule is CCC(NC1=NC(NCCOC)N=CC1c1cncc(S(=O)(=O)NC(C)(C)C)c1)c1nc2cccc(F)c2c(=O)n1-c1ccccc1. The third kappa shape index (κ3) is 7.79. The van der Waals surface area contributed by atoms with E-state index in [9.17, 15) is 17.6 Å². The van der Waals surface area contributed by atoms with Crippen LogP contribution in [0.15, 0.2) is 86.7 Å². The Kier molecular flexibility index (Phi) is 10.2. The highest BCUT2D eigenvalue weighted by Gasteiger charge is 2.30. The van der Waals surface area contributed by atoms with Crippen molar-refractivity contribution in [3.05, 3.63) is 94.5 Å². The van der Waals surface area contributed by atoms with Crippen LogP contribution in [0.1, 0.15) is 57.5 Å². The Morgan fingerprint density at radius 2 is 1.85 bits per heavy atom. The van der Waals surface area contributed by atoms with E-state index in [1.807, 2.05) is 13.0 Å². The van der Waals surface area contributed by atoms with Gasteiger partial charge >= 0.3 is 0 Å². The normalized spacial score (nSPS) is 17.4. The van der Waals surface area contributed by atoms with Crippen molar-refractivity contribution in [3.8, 4) is 5.69 Å². The largest absolute Gasteiger partial charge is 0.383 e. The zero-order valence-electron chi connectivity index (χ0n) is 26.9. The molecule has 0 aliphatic carbocycles. The summed E-state index contributed by atoms with van der Waals surface area (Å²) in [5, 5.41) is 6.59. The van der Waals surface area contributed by atoms with E-state index in [-0.39, 0.29) is 15.8 Å². The summed E-state index contributed by atoms with van der Waals surface area (Å²) in [7, 11) is -2.28. The first-order chi connectivity index (χ1) is 22.4. The summed E-state index contributed by atoms with van der Waals surface area (Å²) >= 11 is 0. The quantitative estimate of drug-likeness (QED) is 0.205. The Balaban J connectivity index is 1.60. The number of rotatable bonds is 11. The number of methoxy groups -OCH3 is 1. The number of fused-ring (bicyclic) bond motifs is 1. The minimum atomic E-state index is -3.88. The van der Waals surface area contributed by atoms with Gasteiger partial charge in [-0.3, -0.25) is 24.7 Å². The van der Waals surface area contributed by atoms with Gasteiger partial charge in [0.05, 0.1) is 29.8 Å². The molecule has 1 aliphatic rings. The number of ether oxygens (including phenoxy) is 1. The van der Waals surface area contributed by atoms with Crippen LogP contribution < -0.4 is 20.9 Å². The molecule has 5 rings (SSSR count). The first-order valence-electron chi connectivity index (χ1n) is 15.3. The predicted octanol–water partition coefficient (Wildman–Crippen LogP) is 3.82. The van der Waals surface area contributed by atoms with Crippen LogP contribution in [-0.2, 0) is 14.8 Å². The molecule has 3 unspecified atom stereocenters. The number of hydrogen-bond acceptors (Lipinski definition) is 10. The Bertz CT molecular complexity index is 1960. The van der Waals surface area contributed by atoms with Crippen molar-refractivity contribution < 1.29 is 17.5 Å². The average Bonchev–Trinajstić information content (AvgIpc) is 3.03. The molecule has 3 atom stereocenters. The van der Waals surface area contributed by atoms with E-state index in [2.05, 4.69) is 25.3 Å². The smallest absolute Gasteiger partial charge is 0.269 e. The molecule has 0 saturated heterocycles. The number of nitrogens with zero attached hydrogens (tertiary/aromatic N) is 5. The van der Waals surface area contributed by atoms with E-state index in [0.29, 0.717) is 42.5 Å². The highest BCUT2D eigenvalue weighted by atomic mass is 32.2. The van der Waals surface area contributed by atoms with Crippen molar-refractivity contribution in [1.82, 2.24) is 29.9 Å². The first kappa shape index (κ1) is 34.0. The molecule has 0 amide bonds. The van der Waals surface area contributed by atoms with E-state index in [0.717, 1.165) is 0 Å². The van der Waals surface area contributed by atoms with Gasteiger partial charge in [-0.25, -0.2) is 27.5 Å². The predicted molar refractivity (Wildman–Crippen MR) is 180 cm³/mol. The van der Waals surface area contributed by atoms with Crippen LogP contribution in [0.25, 0.3) is 16.6 Å². The summed E-state index contributed by atoms with van der Waals surface area (Å²) in [6.07, 6.45) is 4.36. The Hall–Kier alpha value is -4.37. The van der Waals surface area contributed by atoms with E-state index in [4.69, 9.17) is 14.7 Å². The van der Waals surface area contributed by atoms with Crippen molar-refractivity contribution in [1.29, 1.82) is 0 Å². The third-order valence-corrected chi connectivity index (χ3v) is 9.06. The number of halogens is 1. The Morgan fingerprint density at radius 1 is 1.09 bits per heavy atom. The molecule has 2 aromatic heterocycles. The maximum absolute atomic E-state index is 15.0. The van der Waals surface area contributed by atoms with Gasteiger partial charge in [0.2, 0.25) is 10.0 Å². The minimum Gasteiger partial charge on any atom is -0.383 e. The van der Waals surface area contributed by atoms with E-state index >= 15 is 0 Å². The van der Waals surface area contributed by atoms with Crippen LogP contribution in [-0.4, -0.2) is 67.1 Å². The van der Waals surface area contributed by atoms with Crippen LogP contribution in [0.2, 0.25) is 0 Å². The lowest BCUT2D eigenvalue weighted by molar-refractivity contribution is 0.196. The molecule has 0 fully saturated rings. The molecular formula is C33H39FN8O4S. The number of nitrogens with one attached hydrogen (secondary N) is 3. The minimum absolute atomic E-state index is 0.00111. The fourth-order valence-electron chi connectivity index (χ4n) is 5.25. The molecule has 4 aromatic rings. The summed E-state index contributed by atoms with van der Waals surface area (Å²) < 4.78 is 50.6. The summed E-state index contributed by atoms with van der Waals surface area (Å²) in [6.45, 7) is 8.14. The molecule has 2 aromatic carbocycles. The van der Waals surface area contributed by atoms with Gasteiger partial charge in [-0.1, -0.05) is 31.2 Å². The highest BCUT2D eigenvalue weighted by Crippen LogP contribution is 2.26. The standard InChI is InChI=1S/C33H39FN8O4S/c1-6-26(30-39-27-14-10-13-25(34)28(27)31(43)42(30)22-11-8-7-9-12-22)38-29-24(20-37-32(40-29)36-15-16-46-5)21-17-23(19-35-18-21)47(44,45)41-33(2,3)4/h7-14,17-20,24,26,32,36,41H,6,15-16H2,1-5H3,(H,38,40). The maximum Gasteiger partial charge on any atom is 0.269 e. The third-order valence-electron chi connectivity index (χ3n) is 7.34. The number of benzene rings is 2. The molecule has 0 saturated carbocycles. The fourth-order valence-corrected chi connectivity index (χ4v) is 6.67. The van der Waals surface area contributed by atoms with Gasteiger partial charge in [0.25, 0.3) is 5.56 Å². The molecule has 248 valence electrons. The van der Waals surface area contributed by atoms with Crippen molar-refractivity contribution in [3.63, 3.8) is 0 Å². The van der Waals surface area contributed by atoms with Gasteiger partial charge in [-0.15, -0.1) is 0 Å². The highest BCUT2D eigenvalue weighted by molar-refractivity contribution is 7.89. The van der Waals surface area contributed by atoms with Crippen LogP contribution in [0.5, 0.6) is 0 Å². The van der Waals surface area contributed by atoms with Crippen LogP contribution in [0.3, 0.4) is 0 Å². The molecule has 0 radical (unpaired) electrons. The van der Waals surface area contributed by atoms with Crippen LogP contribution >= 0.6 is 0 Å². The second kappa shape index (κ2) is 14.2. The zero-order valence-corrected chi connectivity index (χ0v) is 27.8.